The maximum absolute atomic E-state index is 3.26. The van der Waals surface area contributed by atoms with Gasteiger partial charge in [-0.1, -0.05) is 12.8 Å². The maximum atomic E-state index is 3.26. The van der Waals surface area contributed by atoms with Crippen molar-refractivity contribution in [1.29, 1.82) is 0 Å². The third-order valence-corrected chi connectivity index (χ3v) is 6.49. The molecule has 0 unspecified atom stereocenters. The highest BCUT2D eigenvalue weighted by Crippen LogP contribution is 2.46. The van der Waals surface area contributed by atoms with Gasteiger partial charge in [-0.2, -0.15) is 0 Å². The van der Waals surface area contributed by atoms with Crippen molar-refractivity contribution in [1.82, 2.24) is 10.2 Å². The Hall–Kier alpha value is -0.380. The van der Waals surface area contributed by atoms with Crippen LogP contribution in [0.4, 0.5) is 0 Å². The highest BCUT2D eigenvalue weighted by Gasteiger charge is 2.36. The molecular formula is C17H28N2S. The predicted octanol–water partition coefficient (Wildman–Crippen LogP) is 3.93. The van der Waals surface area contributed by atoms with E-state index in [9.17, 15) is 0 Å². The minimum atomic E-state index is 0.748. The highest BCUT2D eigenvalue weighted by atomic mass is 32.1. The van der Waals surface area contributed by atoms with E-state index in [0.29, 0.717) is 0 Å². The molecule has 1 aliphatic heterocycles. The lowest BCUT2D eigenvalue weighted by Crippen LogP contribution is -2.38. The van der Waals surface area contributed by atoms with E-state index in [1.165, 1.54) is 67.9 Å². The molecule has 0 aromatic carbocycles. The molecule has 20 heavy (non-hydrogen) atoms. The van der Waals surface area contributed by atoms with E-state index in [0.717, 1.165) is 12.0 Å². The Morgan fingerprint density at radius 1 is 1.20 bits per heavy atom. The number of likely N-dealkylation sites (tertiary alicyclic amines) is 1. The zero-order valence-corrected chi connectivity index (χ0v) is 13.8. The Bertz CT molecular complexity index is 436. The van der Waals surface area contributed by atoms with E-state index in [2.05, 4.69) is 23.2 Å². The van der Waals surface area contributed by atoms with Crippen molar-refractivity contribution in [3.05, 3.63) is 21.4 Å². The second kappa shape index (κ2) is 6.17. The Kier molecular flexibility index (Phi) is 4.49. The molecule has 0 atom stereocenters. The van der Waals surface area contributed by atoms with Gasteiger partial charge in [-0.25, -0.2) is 0 Å². The smallest absolute Gasteiger partial charge is 0.0296 e. The SMILES string of the molecule is CNCc1cc(CN2CCC3(CCCC3)CC2)c(C)s1. The molecule has 2 aliphatic rings. The first-order valence-electron chi connectivity index (χ1n) is 8.16. The molecule has 1 N–H and O–H groups in total. The number of hydrogen-bond acceptors (Lipinski definition) is 3. The molecule has 112 valence electrons. The fourth-order valence-electron chi connectivity index (χ4n) is 4.06. The first-order valence-corrected chi connectivity index (χ1v) is 8.98. The predicted molar refractivity (Wildman–Crippen MR) is 87.2 cm³/mol. The average Bonchev–Trinajstić information content (AvgIpc) is 3.02. The summed E-state index contributed by atoms with van der Waals surface area (Å²) in [5.41, 5.74) is 2.31. The summed E-state index contributed by atoms with van der Waals surface area (Å²) in [7, 11) is 2.03. The van der Waals surface area contributed by atoms with Crippen molar-refractivity contribution < 1.29 is 0 Å². The fraction of sp³-hybridized carbons (Fsp3) is 0.765. The summed E-state index contributed by atoms with van der Waals surface area (Å²) in [5, 5.41) is 3.26. The number of aryl methyl sites for hydroxylation is 1. The van der Waals surface area contributed by atoms with E-state index < -0.39 is 0 Å². The second-order valence-electron chi connectivity index (χ2n) is 6.81. The van der Waals surface area contributed by atoms with Gasteiger partial charge in [0.2, 0.25) is 0 Å². The standard InChI is InChI=1S/C17H28N2S/c1-14-15(11-16(20-14)12-18-2)13-19-9-7-17(8-10-19)5-3-4-6-17/h11,18H,3-10,12-13H2,1-2H3. The molecule has 0 radical (unpaired) electrons. The minimum absolute atomic E-state index is 0.748. The normalized spacial score (nSPS) is 22.7. The molecule has 2 nitrogen and oxygen atoms in total. The zero-order valence-electron chi connectivity index (χ0n) is 13.0. The molecule has 1 saturated heterocycles. The van der Waals surface area contributed by atoms with E-state index in [1.807, 2.05) is 18.4 Å². The van der Waals surface area contributed by atoms with Crippen molar-refractivity contribution >= 4 is 11.3 Å². The Morgan fingerprint density at radius 3 is 2.55 bits per heavy atom. The Labute approximate surface area is 127 Å². The van der Waals surface area contributed by atoms with Crippen LogP contribution in [0.1, 0.15) is 53.8 Å². The summed E-state index contributed by atoms with van der Waals surface area (Å²) in [6.07, 6.45) is 8.86. The quantitative estimate of drug-likeness (QED) is 0.904. The summed E-state index contributed by atoms with van der Waals surface area (Å²) in [5.74, 6) is 0. The lowest BCUT2D eigenvalue weighted by atomic mass is 9.77. The molecule has 1 aliphatic carbocycles. The second-order valence-corrected chi connectivity index (χ2v) is 8.15. The lowest BCUT2D eigenvalue weighted by Gasteiger charge is -2.39. The summed E-state index contributed by atoms with van der Waals surface area (Å²) in [6.45, 7) is 7.09. The van der Waals surface area contributed by atoms with Gasteiger partial charge in [0.15, 0.2) is 0 Å². The van der Waals surface area contributed by atoms with Gasteiger partial charge < -0.3 is 5.32 Å². The van der Waals surface area contributed by atoms with Crippen LogP contribution >= 0.6 is 11.3 Å². The molecular weight excluding hydrogens is 264 g/mol. The maximum Gasteiger partial charge on any atom is 0.0296 e. The molecule has 3 rings (SSSR count). The summed E-state index contributed by atoms with van der Waals surface area (Å²) in [4.78, 5) is 5.67. The first-order chi connectivity index (χ1) is 9.71. The van der Waals surface area contributed by atoms with Gasteiger partial charge >= 0.3 is 0 Å². The first kappa shape index (κ1) is 14.6. The van der Waals surface area contributed by atoms with Crippen LogP contribution in [0, 0.1) is 12.3 Å². The van der Waals surface area contributed by atoms with Gasteiger partial charge in [0.25, 0.3) is 0 Å². The van der Waals surface area contributed by atoms with E-state index in [1.54, 1.807) is 5.56 Å². The Morgan fingerprint density at radius 2 is 1.90 bits per heavy atom. The van der Waals surface area contributed by atoms with E-state index in [-0.39, 0.29) is 0 Å². The molecule has 1 saturated carbocycles. The molecule has 1 aromatic rings. The van der Waals surface area contributed by atoms with Crippen LogP contribution in [0.15, 0.2) is 6.07 Å². The number of rotatable bonds is 4. The Balaban J connectivity index is 1.56. The van der Waals surface area contributed by atoms with Crippen molar-refractivity contribution in [3.63, 3.8) is 0 Å². The number of hydrogen-bond donors (Lipinski definition) is 1. The molecule has 1 spiro atoms. The van der Waals surface area contributed by atoms with Crippen molar-refractivity contribution in [3.8, 4) is 0 Å². The third-order valence-electron chi connectivity index (χ3n) is 5.40. The number of thiophene rings is 1. The minimum Gasteiger partial charge on any atom is -0.315 e. The topological polar surface area (TPSA) is 15.3 Å². The number of nitrogens with zero attached hydrogens (tertiary/aromatic N) is 1. The van der Waals surface area contributed by atoms with Crippen molar-refractivity contribution in [2.45, 2.75) is 58.5 Å². The highest BCUT2D eigenvalue weighted by molar-refractivity contribution is 7.12. The molecule has 0 amide bonds. The van der Waals surface area contributed by atoms with Gasteiger partial charge in [-0.3, -0.25) is 4.90 Å². The zero-order chi connectivity index (χ0) is 14.0. The van der Waals surface area contributed by atoms with Crippen LogP contribution < -0.4 is 5.32 Å². The monoisotopic (exact) mass is 292 g/mol. The van der Waals surface area contributed by atoms with Gasteiger partial charge in [0.05, 0.1) is 0 Å². The number of nitrogens with one attached hydrogen (secondary N) is 1. The van der Waals surface area contributed by atoms with Crippen LogP contribution in [-0.4, -0.2) is 25.0 Å². The molecule has 2 heterocycles. The number of piperidine rings is 1. The van der Waals surface area contributed by atoms with Gasteiger partial charge in [-0.15, -0.1) is 11.3 Å². The molecule has 0 bridgehead atoms. The third kappa shape index (κ3) is 3.10. The lowest BCUT2D eigenvalue weighted by molar-refractivity contribution is 0.103. The van der Waals surface area contributed by atoms with Crippen molar-refractivity contribution in [2.24, 2.45) is 5.41 Å². The van der Waals surface area contributed by atoms with Crippen LogP contribution in [-0.2, 0) is 13.1 Å². The summed E-state index contributed by atoms with van der Waals surface area (Å²) >= 11 is 1.96. The molecule has 1 aromatic heterocycles. The van der Waals surface area contributed by atoms with Gasteiger partial charge in [-0.05, 0) is 69.8 Å². The largest absolute Gasteiger partial charge is 0.315 e. The van der Waals surface area contributed by atoms with Crippen LogP contribution in [0.3, 0.4) is 0 Å². The van der Waals surface area contributed by atoms with Gasteiger partial charge in [0.1, 0.15) is 0 Å². The van der Waals surface area contributed by atoms with Crippen LogP contribution in [0.25, 0.3) is 0 Å². The average molecular weight is 292 g/mol. The van der Waals surface area contributed by atoms with Crippen LogP contribution in [0.5, 0.6) is 0 Å². The van der Waals surface area contributed by atoms with Gasteiger partial charge in [0, 0.05) is 22.8 Å². The fourth-order valence-corrected chi connectivity index (χ4v) is 5.12. The van der Waals surface area contributed by atoms with Crippen molar-refractivity contribution in [2.75, 3.05) is 20.1 Å². The molecule has 3 heteroatoms. The van der Waals surface area contributed by atoms with E-state index in [4.69, 9.17) is 0 Å². The summed E-state index contributed by atoms with van der Waals surface area (Å²) in [6, 6.07) is 2.41. The molecule has 2 fully saturated rings. The van der Waals surface area contributed by atoms with E-state index >= 15 is 0 Å². The van der Waals surface area contributed by atoms with Crippen LogP contribution in [0.2, 0.25) is 0 Å². The summed E-state index contributed by atoms with van der Waals surface area (Å²) < 4.78 is 0.